The molecule has 6 heteroatoms. The van der Waals surface area contributed by atoms with Gasteiger partial charge >= 0.3 is 5.69 Å². The van der Waals surface area contributed by atoms with Gasteiger partial charge in [-0.2, -0.15) is 4.98 Å². The fraction of sp³-hybridized carbons (Fsp3) is 0.429. The van der Waals surface area contributed by atoms with Gasteiger partial charge in [-0.15, -0.1) is 0 Å². The molecule has 1 rings (SSSR count). The molecule has 1 aromatic rings. The Morgan fingerprint density at radius 2 is 2.46 bits per heavy atom. The highest BCUT2D eigenvalue weighted by molar-refractivity contribution is 5.23. The van der Waals surface area contributed by atoms with Crippen LogP contribution >= 0.6 is 0 Å². The van der Waals surface area contributed by atoms with Crippen molar-refractivity contribution in [2.75, 3.05) is 12.3 Å². The summed E-state index contributed by atoms with van der Waals surface area (Å²) in [5, 5.41) is 8.41. The first-order valence-electron chi connectivity index (χ1n) is 3.71. The highest BCUT2D eigenvalue weighted by Gasteiger charge is 2.06. The summed E-state index contributed by atoms with van der Waals surface area (Å²) < 4.78 is 13.7. The molecule has 0 fully saturated rings. The molecule has 0 radical (unpaired) electrons. The Bertz CT molecular complexity index is 339. The van der Waals surface area contributed by atoms with E-state index in [9.17, 15) is 9.18 Å². The van der Waals surface area contributed by atoms with Crippen molar-refractivity contribution in [3.63, 3.8) is 0 Å². The molecule has 0 spiro atoms. The lowest BCUT2D eigenvalue weighted by atomic mass is 10.4. The molecule has 3 N–H and O–H groups in total. The van der Waals surface area contributed by atoms with Crippen molar-refractivity contribution in [3.05, 3.63) is 22.7 Å². The van der Waals surface area contributed by atoms with Crippen molar-refractivity contribution in [2.45, 2.75) is 12.7 Å². The third-order valence-corrected chi connectivity index (χ3v) is 1.49. The Hall–Kier alpha value is -1.43. The van der Waals surface area contributed by atoms with Crippen molar-refractivity contribution in [1.82, 2.24) is 9.55 Å². The van der Waals surface area contributed by atoms with Gasteiger partial charge in [0.2, 0.25) is 0 Å². The summed E-state index contributed by atoms with van der Waals surface area (Å²) in [4.78, 5) is 14.4. The Morgan fingerprint density at radius 3 is 3.00 bits per heavy atom. The van der Waals surface area contributed by atoms with E-state index < -0.39 is 18.5 Å². The van der Waals surface area contributed by atoms with Gasteiger partial charge in [0.15, 0.2) is 0 Å². The molecule has 72 valence electrons. The van der Waals surface area contributed by atoms with E-state index >= 15 is 0 Å². The van der Waals surface area contributed by atoms with Crippen LogP contribution in [-0.2, 0) is 6.54 Å². The SMILES string of the molecule is Nc1ccn(CC(F)CO)c(=O)n1. The number of rotatable bonds is 3. The monoisotopic (exact) mass is 187 g/mol. The van der Waals surface area contributed by atoms with E-state index in [1.807, 2.05) is 0 Å². The molecule has 1 atom stereocenters. The number of aromatic nitrogens is 2. The number of nitrogens with zero attached hydrogens (tertiary/aromatic N) is 2. The maximum atomic E-state index is 12.6. The Kier molecular flexibility index (Phi) is 2.97. The Morgan fingerprint density at radius 1 is 1.77 bits per heavy atom. The van der Waals surface area contributed by atoms with Gasteiger partial charge in [-0.05, 0) is 6.07 Å². The number of hydrogen-bond donors (Lipinski definition) is 2. The number of aliphatic hydroxyl groups is 1. The average Bonchev–Trinajstić information content (AvgIpc) is 2.09. The fourth-order valence-electron chi connectivity index (χ4n) is 0.852. The predicted octanol–water partition coefficient (Wildman–Crippen LogP) is -0.844. The quantitative estimate of drug-likeness (QED) is 0.646. The lowest BCUT2D eigenvalue weighted by Crippen LogP contribution is -2.28. The number of halogens is 1. The zero-order chi connectivity index (χ0) is 9.84. The summed E-state index contributed by atoms with van der Waals surface area (Å²) in [5.74, 6) is 0.0978. The molecule has 13 heavy (non-hydrogen) atoms. The van der Waals surface area contributed by atoms with Crippen LogP contribution in [-0.4, -0.2) is 27.4 Å². The largest absolute Gasteiger partial charge is 0.393 e. The first-order valence-corrected chi connectivity index (χ1v) is 3.71. The number of aliphatic hydroxyl groups excluding tert-OH is 1. The van der Waals surface area contributed by atoms with Gasteiger partial charge in [-0.1, -0.05) is 0 Å². The molecule has 5 nitrogen and oxygen atoms in total. The summed E-state index contributed by atoms with van der Waals surface area (Å²) in [7, 11) is 0. The van der Waals surface area contributed by atoms with Crippen LogP contribution in [0.4, 0.5) is 10.2 Å². The van der Waals surface area contributed by atoms with E-state index in [-0.39, 0.29) is 12.4 Å². The van der Waals surface area contributed by atoms with Crippen LogP contribution < -0.4 is 11.4 Å². The number of nitrogen functional groups attached to an aromatic ring is 1. The Labute approximate surface area is 73.6 Å². The lowest BCUT2D eigenvalue weighted by molar-refractivity contribution is 0.161. The van der Waals surface area contributed by atoms with Crippen LogP contribution in [0.25, 0.3) is 0 Å². The molecule has 1 aromatic heterocycles. The molecule has 0 aromatic carbocycles. The molecule has 0 bridgehead atoms. The summed E-state index contributed by atoms with van der Waals surface area (Å²) in [6.07, 6.45) is -0.115. The second-order valence-electron chi connectivity index (χ2n) is 2.57. The second kappa shape index (κ2) is 3.99. The van der Waals surface area contributed by atoms with E-state index in [0.29, 0.717) is 0 Å². The summed E-state index contributed by atoms with van der Waals surface area (Å²) in [6.45, 7) is -0.820. The zero-order valence-corrected chi connectivity index (χ0v) is 6.85. The molecule has 0 aliphatic heterocycles. The van der Waals surface area contributed by atoms with E-state index in [4.69, 9.17) is 10.8 Å². The molecular weight excluding hydrogens is 177 g/mol. The first-order chi connectivity index (χ1) is 6.13. The lowest BCUT2D eigenvalue weighted by Gasteiger charge is -2.06. The van der Waals surface area contributed by atoms with Crippen LogP contribution in [0.3, 0.4) is 0 Å². The summed E-state index contributed by atoms with van der Waals surface area (Å²) in [6, 6.07) is 1.39. The zero-order valence-electron chi connectivity index (χ0n) is 6.85. The average molecular weight is 187 g/mol. The van der Waals surface area contributed by atoms with Gasteiger partial charge in [-0.25, -0.2) is 9.18 Å². The minimum atomic E-state index is -1.46. The van der Waals surface area contributed by atoms with Gasteiger partial charge in [0.1, 0.15) is 12.0 Å². The summed E-state index contributed by atoms with van der Waals surface area (Å²) in [5.41, 5.74) is 4.61. The van der Waals surface area contributed by atoms with Crippen molar-refractivity contribution in [3.8, 4) is 0 Å². The number of anilines is 1. The van der Waals surface area contributed by atoms with E-state index in [0.717, 1.165) is 4.57 Å². The van der Waals surface area contributed by atoms with Crippen molar-refractivity contribution in [2.24, 2.45) is 0 Å². The smallest absolute Gasteiger partial charge is 0.349 e. The highest BCUT2D eigenvalue weighted by Crippen LogP contribution is 1.95. The molecule has 0 saturated heterocycles. The normalized spacial score (nSPS) is 12.8. The minimum absolute atomic E-state index is 0.0978. The third kappa shape index (κ3) is 2.51. The molecule has 1 unspecified atom stereocenters. The number of alkyl halides is 1. The van der Waals surface area contributed by atoms with Gasteiger partial charge in [0, 0.05) is 6.20 Å². The molecule has 0 aliphatic rings. The third-order valence-electron chi connectivity index (χ3n) is 1.49. The highest BCUT2D eigenvalue weighted by atomic mass is 19.1. The van der Waals surface area contributed by atoms with E-state index in [1.54, 1.807) is 0 Å². The fourth-order valence-corrected chi connectivity index (χ4v) is 0.852. The summed E-state index contributed by atoms with van der Waals surface area (Å²) >= 11 is 0. The maximum absolute atomic E-state index is 12.6. The van der Waals surface area contributed by atoms with Gasteiger partial charge < -0.3 is 10.8 Å². The number of hydrogen-bond acceptors (Lipinski definition) is 4. The maximum Gasteiger partial charge on any atom is 0.349 e. The molecule has 1 heterocycles. The van der Waals surface area contributed by atoms with Gasteiger partial charge in [-0.3, -0.25) is 4.57 Å². The first kappa shape index (κ1) is 9.66. The number of nitrogens with two attached hydrogens (primary N) is 1. The topological polar surface area (TPSA) is 81.1 Å². The molecular formula is C7H10FN3O2. The standard InChI is InChI=1S/C7H10FN3O2/c8-5(4-12)3-11-2-1-6(9)10-7(11)13/h1-2,5,12H,3-4H2,(H2,9,10,13). The van der Waals surface area contributed by atoms with Gasteiger partial charge in [0.25, 0.3) is 0 Å². The predicted molar refractivity (Wildman–Crippen MR) is 44.9 cm³/mol. The van der Waals surface area contributed by atoms with Crippen molar-refractivity contribution >= 4 is 5.82 Å². The Balaban J connectivity index is 2.84. The van der Waals surface area contributed by atoms with Crippen LogP contribution in [0, 0.1) is 0 Å². The molecule has 0 aliphatic carbocycles. The van der Waals surface area contributed by atoms with E-state index in [1.165, 1.54) is 12.3 Å². The van der Waals surface area contributed by atoms with Crippen LogP contribution in [0.2, 0.25) is 0 Å². The minimum Gasteiger partial charge on any atom is -0.393 e. The van der Waals surface area contributed by atoms with E-state index in [2.05, 4.69) is 4.98 Å². The van der Waals surface area contributed by atoms with Crippen molar-refractivity contribution in [1.29, 1.82) is 0 Å². The van der Waals surface area contributed by atoms with Crippen LogP contribution in [0.1, 0.15) is 0 Å². The van der Waals surface area contributed by atoms with Crippen LogP contribution in [0.5, 0.6) is 0 Å². The molecule has 0 saturated carbocycles. The second-order valence-corrected chi connectivity index (χ2v) is 2.57. The van der Waals surface area contributed by atoms with Gasteiger partial charge in [0.05, 0.1) is 13.2 Å². The molecule has 0 amide bonds. The van der Waals surface area contributed by atoms with Crippen LogP contribution in [0.15, 0.2) is 17.1 Å². The van der Waals surface area contributed by atoms with Crippen molar-refractivity contribution < 1.29 is 9.50 Å².